The van der Waals surface area contributed by atoms with E-state index < -0.39 is 0 Å². The quantitative estimate of drug-likeness (QED) is 0.289. The molecule has 1 aromatic heterocycles. The summed E-state index contributed by atoms with van der Waals surface area (Å²) >= 11 is 0. The van der Waals surface area contributed by atoms with Crippen LogP contribution in [0, 0.1) is 13.8 Å². The molecule has 0 saturated heterocycles. The maximum Gasteiger partial charge on any atom is 0.115 e. The van der Waals surface area contributed by atoms with Crippen LogP contribution >= 0.6 is 0 Å². The highest BCUT2D eigenvalue weighted by Gasteiger charge is 2.24. The van der Waals surface area contributed by atoms with E-state index in [0.717, 1.165) is 50.5 Å². The van der Waals surface area contributed by atoms with Crippen molar-refractivity contribution in [2.75, 3.05) is 0 Å². The molecule has 4 aromatic carbocycles. The number of aromatic nitrogens is 2. The van der Waals surface area contributed by atoms with Gasteiger partial charge in [-0.25, -0.2) is 4.68 Å². The standard InChI is InChI=1S/C29H24N2O3/c1-18-4-3-5-26(19(18)2)31-29(22-10-16-25(34)17-11-22)27(20-6-12-23(32)13-7-20)28(30-31)21-8-14-24(33)15-9-21/h3-17,32-34H,1-2H3. The van der Waals surface area contributed by atoms with Crippen molar-refractivity contribution in [2.24, 2.45) is 0 Å². The Morgan fingerprint density at radius 1 is 0.588 bits per heavy atom. The summed E-state index contributed by atoms with van der Waals surface area (Å²) in [6.45, 7) is 4.15. The summed E-state index contributed by atoms with van der Waals surface area (Å²) in [5, 5.41) is 34.8. The normalized spacial score (nSPS) is 11.0. The van der Waals surface area contributed by atoms with Crippen molar-refractivity contribution in [2.45, 2.75) is 13.8 Å². The summed E-state index contributed by atoms with van der Waals surface area (Å²) in [4.78, 5) is 0. The fourth-order valence-corrected chi connectivity index (χ4v) is 4.17. The maximum atomic E-state index is 9.92. The number of hydrogen-bond acceptors (Lipinski definition) is 4. The van der Waals surface area contributed by atoms with Gasteiger partial charge in [-0.1, -0.05) is 24.3 Å². The first kappa shape index (κ1) is 21.3. The number of phenols is 3. The minimum absolute atomic E-state index is 0.183. The highest BCUT2D eigenvalue weighted by atomic mass is 16.3. The SMILES string of the molecule is Cc1cccc(-n2nc(-c3ccc(O)cc3)c(-c3ccc(O)cc3)c2-c2ccc(O)cc2)c1C. The molecule has 34 heavy (non-hydrogen) atoms. The summed E-state index contributed by atoms with van der Waals surface area (Å²) in [5.74, 6) is 0.553. The van der Waals surface area contributed by atoms with Crippen molar-refractivity contribution in [1.29, 1.82) is 0 Å². The van der Waals surface area contributed by atoms with Gasteiger partial charge in [0.2, 0.25) is 0 Å². The van der Waals surface area contributed by atoms with Crippen LogP contribution in [0.2, 0.25) is 0 Å². The minimum Gasteiger partial charge on any atom is -0.508 e. The predicted octanol–water partition coefficient (Wildman–Crippen LogP) is 6.61. The Balaban J connectivity index is 1.90. The predicted molar refractivity (Wildman–Crippen MR) is 134 cm³/mol. The molecule has 1 heterocycles. The van der Waals surface area contributed by atoms with Crippen LogP contribution in [0.25, 0.3) is 39.3 Å². The molecule has 3 N–H and O–H groups in total. The van der Waals surface area contributed by atoms with E-state index in [9.17, 15) is 15.3 Å². The first-order valence-electron chi connectivity index (χ1n) is 11.0. The Morgan fingerprint density at radius 2 is 1.09 bits per heavy atom. The number of aromatic hydroxyl groups is 3. The fraction of sp³-hybridized carbons (Fsp3) is 0.0690. The van der Waals surface area contributed by atoms with Crippen LogP contribution in [-0.2, 0) is 0 Å². The molecular formula is C29H24N2O3. The van der Waals surface area contributed by atoms with E-state index in [1.807, 2.05) is 53.2 Å². The van der Waals surface area contributed by atoms with E-state index in [-0.39, 0.29) is 17.2 Å². The molecule has 0 aliphatic carbocycles. The summed E-state index contributed by atoms with van der Waals surface area (Å²) < 4.78 is 1.94. The summed E-state index contributed by atoms with van der Waals surface area (Å²) in [5.41, 5.74) is 8.34. The second-order valence-electron chi connectivity index (χ2n) is 8.34. The fourth-order valence-electron chi connectivity index (χ4n) is 4.17. The first-order chi connectivity index (χ1) is 16.4. The second-order valence-corrected chi connectivity index (χ2v) is 8.34. The van der Waals surface area contributed by atoms with Crippen LogP contribution in [0.1, 0.15) is 11.1 Å². The monoisotopic (exact) mass is 448 g/mol. The lowest BCUT2D eigenvalue weighted by molar-refractivity contribution is 0.475. The minimum atomic E-state index is 0.183. The Kier molecular flexibility index (Phi) is 5.30. The molecule has 0 bridgehead atoms. The molecule has 0 spiro atoms. The van der Waals surface area contributed by atoms with Crippen LogP contribution < -0.4 is 0 Å². The molecule has 5 nitrogen and oxygen atoms in total. The van der Waals surface area contributed by atoms with Crippen LogP contribution in [0.4, 0.5) is 0 Å². The van der Waals surface area contributed by atoms with E-state index in [4.69, 9.17) is 5.10 Å². The van der Waals surface area contributed by atoms with E-state index >= 15 is 0 Å². The zero-order chi connectivity index (χ0) is 23.8. The third kappa shape index (κ3) is 3.77. The first-order valence-corrected chi connectivity index (χ1v) is 11.0. The molecule has 0 aliphatic heterocycles. The lowest BCUT2D eigenvalue weighted by Gasteiger charge is -2.14. The van der Waals surface area contributed by atoms with Gasteiger partial charge in [-0.2, -0.15) is 5.10 Å². The number of hydrogen-bond donors (Lipinski definition) is 3. The zero-order valence-electron chi connectivity index (χ0n) is 18.9. The molecule has 0 fully saturated rings. The maximum absolute atomic E-state index is 9.92. The third-order valence-corrected chi connectivity index (χ3v) is 6.13. The van der Waals surface area contributed by atoms with Gasteiger partial charge in [-0.3, -0.25) is 0 Å². The van der Waals surface area contributed by atoms with Crippen molar-refractivity contribution < 1.29 is 15.3 Å². The topological polar surface area (TPSA) is 78.5 Å². The Bertz CT molecular complexity index is 1470. The molecule has 168 valence electrons. The molecular weight excluding hydrogens is 424 g/mol. The average Bonchev–Trinajstić information content (AvgIpc) is 3.22. The van der Waals surface area contributed by atoms with Gasteiger partial charge >= 0.3 is 0 Å². The van der Waals surface area contributed by atoms with Gasteiger partial charge in [0.05, 0.1) is 11.4 Å². The molecule has 5 heteroatoms. The van der Waals surface area contributed by atoms with Gasteiger partial charge in [0.1, 0.15) is 22.9 Å². The van der Waals surface area contributed by atoms with Crippen molar-refractivity contribution >= 4 is 0 Å². The lowest BCUT2D eigenvalue weighted by Crippen LogP contribution is -2.03. The number of nitrogens with zero attached hydrogens (tertiary/aromatic N) is 2. The van der Waals surface area contributed by atoms with E-state index in [0.29, 0.717) is 0 Å². The Labute approximate surface area is 197 Å². The van der Waals surface area contributed by atoms with Gasteiger partial charge in [0.25, 0.3) is 0 Å². The largest absolute Gasteiger partial charge is 0.508 e. The van der Waals surface area contributed by atoms with Crippen molar-refractivity contribution in [3.05, 3.63) is 102 Å². The molecule has 0 aliphatic rings. The van der Waals surface area contributed by atoms with Crippen LogP contribution in [0.3, 0.4) is 0 Å². The molecule has 0 saturated carbocycles. The van der Waals surface area contributed by atoms with Gasteiger partial charge < -0.3 is 15.3 Å². The van der Waals surface area contributed by atoms with Gasteiger partial charge in [-0.05, 0) is 97.3 Å². The van der Waals surface area contributed by atoms with Crippen molar-refractivity contribution in [3.63, 3.8) is 0 Å². The molecule has 0 atom stereocenters. The molecule has 5 rings (SSSR count). The molecule has 0 radical (unpaired) electrons. The number of aryl methyl sites for hydroxylation is 1. The number of phenolic OH excluding ortho intramolecular Hbond substituents is 3. The summed E-state index contributed by atoms with van der Waals surface area (Å²) in [7, 11) is 0. The number of benzene rings is 4. The van der Waals surface area contributed by atoms with Gasteiger partial charge in [-0.15, -0.1) is 0 Å². The highest BCUT2D eigenvalue weighted by Crippen LogP contribution is 2.42. The van der Waals surface area contributed by atoms with Crippen LogP contribution in [0.15, 0.2) is 91.0 Å². The number of rotatable bonds is 4. The van der Waals surface area contributed by atoms with Gasteiger partial charge in [0.15, 0.2) is 0 Å². The lowest BCUT2D eigenvalue weighted by atomic mass is 9.95. The Morgan fingerprint density at radius 3 is 1.65 bits per heavy atom. The van der Waals surface area contributed by atoms with Crippen LogP contribution in [0.5, 0.6) is 17.2 Å². The summed E-state index contributed by atoms with van der Waals surface area (Å²) in [6, 6.07) is 27.2. The molecule has 0 amide bonds. The zero-order valence-corrected chi connectivity index (χ0v) is 18.9. The smallest absolute Gasteiger partial charge is 0.115 e. The van der Waals surface area contributed by atoms with E-state index in [2.05, 4.69) is 19.9 Å². The second kappa shape index (κ2) is 8.45. The molecule has 5 aromatic rings. The Hall–Kier alpha value is -4.51. The average molecular weight is 449 g/mol. The highest BCUT2D eigenvalue weighted by molar-refractivity contribution is 5.93. The van der Waals surface area contributed by atoms with E-state index in [1.165, 1.54) is 0 Å². The van der Waals surface area contributed by atoms with Crippen molar-refractivity contribution in [1.82, 2.24) is 9.78 Å². The summed E-state index contributed by atoms with van der Waals surface area (Å²) in [6.07, 6.45) is 0. The van der Waals surface area contributed by atoms with Crippen molar-refractivity contribution in [3.8, 4) is 56.6 Å². The van der Waals surface area contributed by atoms with E-state index in [1.54, 1.807) is 36.4 Å². The van der Waals surface area contributed by atoms with Crippen LogP contribution in [-0.4, -0.2) is 25.1 Å². The van der Waals surface area contributed by atoms with Gasteiger partial charge in [0, 0.05) is 16.7 Å². The third-order valence-electron chi connectivity index (χ3n) is 6.13. The molecule has 0 unspecified atom stereocenters.